The van der Waals surface area contributed by atoms with Crippen molar-refractivity contribution in [1.82, 2.24) is 15.5 Å². The van der Waals surface area contributed by atoms with E-state index in [1.54, 1.807) is 0 Å². The molecule has 1 heterocycles. The zero-order valence-electron chi connectivity index (χ0n) is 14.5. The van der Waals surface area contributed by atoms with Crippen LogP contribution in [0.1, 0.15) is 65.7 Å². The average Bonchev–Trinajstić information content (AvgIpc) is 2.73. The summed E-state index contributed by atoms with van der Waals surface area (Å²) in [7, 11) is 0. The summed E-state index contributed by atoms with van der Waals surface area (Å²) in [5.41, 5.74) is -0.766. The monoisotopic (exact) mass is 323 g/mol. The van der Waals surface area contributed by atoms with E-state index >= 15 is 0 Å². The molecule has 0 aromatic heterocycles. The number of imide groups is 1. The Balaban J connectivity index is 1.95. The van der Waals surface area contributed by atoms with Gasteiger partial charge < -0.3 is 10.6 Å². The van der Waals surface area contributed by atoms with Gasteiger partial charge in [0.1, 0.15) is 12.1 Å². The Morgan fingerprint density at radius 2 is 2.00 bits per heavy atom. The lowest BCUT2D eigenvalue weighted by molar-refractivity contribution is -0.136. The molecule has 0 aromatic carbocycles. The van der Waals surface area contributed by atoms with Gasteiger partial charge in [-0.1, -0.05) is 26.7 Å². The lowest BCUT2D eigenvalue weighted by Gasteiger charge is -2.34. The van der Waals surface area contributed by atoms with Crippen LogP contribution in [0.5, 0.6) is 0 Å². The first kappa shape index (κ1) is 17.8. The van der Waals surface area contributed by atoms with Gasteiger partial charge in [-0.15, -0.1) is 0 Å². The fourth-order valence-corrected chi connectivity index (χ4v) is 3.71. The Morgan fingerprint density at radius 3 is 2.57 bits per heavy atom. The SMILES string of the molecule is CCC[C@H](C)NC(=O)CN1C(=O)NC2(CCC(CC)CC2)C1=O. The molecule has 1 saturated heterocycles. The van der Waals surface area contributed by atoms with Gasteiger partial charge in [-0.05, 0) is 44.9 Å². The third kappa shape index (κ3) is 3.85. The third-order valence-corrected chi connectivity index (χ3v) is 5.21. The van der Waals surface area contributed by atoms with Crippen LogP contribution >= 0.6 is 0 Å². The van der Waals surface area contributed by atoms with Crippen LogP contribution in [-0.4, -0.2) is 40.9 Å². The molecule has 2 N–H and O–H groups in total. The summed E-state index contributed by atoms with van der Waals surface area (Å²) in [5, 5.41) is 5.70. The fourth-order valence-electron chi connectivity index (χ4n) is 3.71. The second-order valence-corrected chi connectivity index (χ2v) is 7.01. The minimum atomic E-state index is -0.766. The van der Waals surface area contributed by atoms with Crippen LogP contribution in [-0.2, 0) is 9.59 Å². The summed E-state index contributed by atoms with van der Waals surface area (Å²) in [4.78, 5) is 38.0. The second-order valence-electron chi connectivity index (χ2n) is 7.01. The molecule has 6 heteroatoms. The summed E-state index contributed by atoms with van der Waals surface area (Å²) >= 11 is 0. The number of hydrogen-bond donors (Lipinski definition) is 2. The quantitative estimate of drug-likeness (QED) is 0.735. The zero-order chi connectivity index (χ0) is 17.0. The Bertz CT molecular complexity index is 470. The van der Waals surface area contributed by atoms with Crippen LogP contribution < -0.4 is 10.6 Å². The van der Waals surface area contributed by atoms with E-state index in [4.69, 9.17) is 0 Å². The van der Waals surface area contributed by atoms with Crippen molar-refractivity contribution in [3.8, 4) is 0 Å². The molecule has 1 spiro atoms. The first-order chi connectivity index (χ1) is 10.9. The maximum Gasteiger partial charge on any atom is 0.325 e. The van der Waals surface area contributed by atoms with Gasteiger partial charge in [0.05, 0.1) is 0 Å². The highest BCUT2D eigenvalue weighted by Gasteiger charge is 2.52. The molecule has 2 fully saturated rings. The van der Waals surface area contributed by atoms with Crippen molar-refractivity contribution in [1.29, 1.82) is 0 Å². The molecule has 23 heavy (non-hydrogen) atoms. The Morgan fingerprint density at radius 1 is 1.35 bits per heavy atom. The second kappa shape index (κ2) is 7.32. The van der Waals surface area contributed by atoms with Gasteiger partial charge in [-0.3, -0.25) is 14.5 Å². The van der Waals surface area contributed by atoms with Crippen molar-refractivity contribution in [2.75, 3.05) is 6.54 Å². The van der Waals surface area contributed by atoms with Crippen LogP contribution in [0.2, 0.25) is 0 Å². The summed E-state index contributed by atoms with van der Waals surface area (Å²) in [6.45, 7) is 5.96. The molecule has 4 amide bonds. The Kier molecular flexibility index (Phi) is 5.65. The van der Waals surface area contributed by atoms with E-state index in [2.05, 4.69) is 24.5 Å². The standard InChI is InChI=1S/C17H29N3O3/c1-4-6-12(3)18-14(21)11-20-15(22)17(19-16(20)23)9-7-13(5-2)8-10-17/h12-13H,4-11H2,1-3H3,(H,18,21)(H,19,23)/t12-,13?,17?/m0/s1. The number of urea groups is 1. The molecule has 2 rings (SSSR count). The van der Waals surface area contributed by atoms with Crippen LogP contribution in [0.25, 0.3) is 0 Å². The molecule has 130 valence electrons. The molecule has 0 bridgehead atoms. The van der Waals surface area contributed by atoms with Gasteiger partial charge in [-0.2, -0.15) is 0 Å². The summed E-state index contributed by atoms with van der Waals surface area (Å²) in [5.74, 6) is 0.140. The highest BCUT2D eigenvalue weighted by Crippen LogP contribution is 2.37. The van der Waals surface area contributed by atoms with Gasteiger partial charge in [-0.25, -0.2) is 4.79 Å². The van der Waals surface area contributed by atoms with E-state index in [-0.39, 0.29) is 24.4 Å². The molecule has 2 aliphatic rings. The van der Waals surface area contributed by atoms with E-state index in [0.717, 1.165) is 37.0 Å². The van der Waals surface area contributed by atoms with E-state index in [0.29, 0.717) is 18.8 Å². The molecule has 0 radical (unpaired) electrons. The smallest absolute Gasteiger partial charge is 0.325 e. The van der Waals surface area contributed by atoms with E-state index < -0.39 is 11.6 Å². The van der Waals surface area contributed by atoms with E-state index in [1.807, 2.05) is 6.92 Å². The minimum absolute atomic E-state index is 0.0576. The molecule has 1 aliphatic heterocycles. The van der Waals surface area contributed by atoms with Crippen molar-refractivity contribution in [2.24, 2.45) is 5.92 Å². The molecular weight excluding hydrogens is 294 g/mol. The lowest BCUT2D eigenvalue weighted by Crippen LogP contribution is -2.50. The summed E-state index contributed by atoms with van der Waals surface area (Å²) in [6.07, 6.45) is 6.24. The topological polar surface area (TPSA) is 78.5 Å². The number of amides is 4. The average molecular weight is 323 g/mol. The van der Waals surface area contributed by atoms with Crippen molar-refractivity contribution in [3.05, 3.63) is 0 Å². The summed E-state index contributed by atoms with van der Waals surface area (Å²) < 4.78 is 0. The maximum atomic E-state index is 12.7. The van der Waals surface area contributed by atoms with Gasteiger partial charge >= 0.3 is 6.03 Å². The van der Waals surface area contributed by atoms with E-state index in [1.165, 1.54) is 0 Å². The van der Waals surface area contributed by atoms with Crippen molar-refractivity contribution < 1.29 is 14.4 Å². The predicted octanol–water partition coefficient (Wildman–Crippen LogP) is 2.18. The van der Waals surface area contributed by atoms with Crippen LogP contribution in [0.15, 0.2) is 0 Å². The lowest BCUT2D eigenvalue weighted by atomic mass is 9.75. The normalized spacial score (nSPS) is 28.8. The minimum Gasteiger partial charge on any atom is -0.352 e. The van der Waals surface area contributed by atoms with Crippen LogP contribution in [0.4, 0.5) is 4.79 Å². The molecule has 0 unspecified atom stereocenters. The number of nitrogens with one attached hydrogen (secondary N) is 2. The van der Waals surface area contributed by atoms with Crippen molar-refractivity contribution in [3.63, 3.8) is 0 Å². The number of carbonyl (C=O) groups excluding carboxylic acids is 3. The molecule has 1 saturated carbocycles. The van der Waals surface area contributed by atoms with Gasteiger partial charge in [0.15, 0.2) is 0 Å². The molecule has 1 atom stereocenters. The fraction of sp³-hybridized carbons (Fsp3) is 0.824. The van der Waals surface area contributed by atoms with Crippen LogP contribution in [0.3, 0.4) is 0 Å². The van der Waals surface area contributed by atoms with E-state index in [9.17, 15) is 14.4 Å². The molecule has 1 aliphatic carbocycles. The number of hydrogen-bond acceptors (Lipinski definition) is 3. The first-order valence-electron chi connectivity index (χ1n) is 8.85. The predicted molar refractivity (Wildman–Crippen MR) is 87.7 cm³/mol. The van der Waals surface area contributed by atoms with Crippen molar-refractivity contribution in [2.45, 2.75) is 77.3 Å². The summed E-state index contributed by atoms with van der Waals surface area (Å²) in [6, 6.07) is -0.370. The number of nitrogens with zero attached hydrogens (tertiary/aromatic N) is 1. The largest absolute Gasteiger partial charge is 0.352 e. The van der Waals surface area contributed by atoms with Crippen molar-refractivity contribution >= 4 is 17.8 Å². The maximum absolute atomic E-state index is 12.7. The number of carbonyl (C=O) groups is 3. The highest BCUT2D eigenvalue weighted by atomic mass is 16.2. The first-order valence-corrected chi connectivity index (χ1v) is 8.85. The molecule has 6 nitrogen and oxygen atoms in total. The Hall–Kier alpha value is -1.59. The molecular formula is C17H29N3O3. The van der Waals surface area contributed by atoms with Gasteiger partial charge in [0.25, 0.3) is 5.91 Å². The third-order valence-electron chi connectivity index (χ3n) is 5.21. The molecule has 0 aromatic rings. The van der Waals surface area contributed by atoms with Crippen LogP contribution in [0, 0.1) is 5.92 Å². The number of rotatable bonds is 6. The zero-order valence-corrected chi connectivity index (χ0v) is 14.5. The van der Waals surface area contributed by atoms with Gasteiger partial charge in [0.2, 0.25) is 5.91 Å². The highest BCUT2D eigenvalue weighted by molar-refractivity contribution is 6.09. The Labute approximate surface area is 138 Å². The van der Waals surface area contributed by atoms with Gasteiger partial charge in [0, 0.05) is 6.04 Å².